The van der Waals surface area contributed by atoms with E-state index in [1.54, 1.807) is 11.1 Å². The van der Waals surface area contributed by atoms with E-state index in [4.69, 9.17) is 0 Å². The van der Waals surface area contributed by atoms with Crippen LogP contribution in [0.1, 0.15) is 16.7 Å². The van der Waals surface area contributed by atoms with Crippen molar-refractivity contribution in [1.82, 2.24) is 5.01 Å². The van der Waals surface area contributed by atoms with E-state index in [0.717, 1.165) is 39.9 Å². The molecule has 4 nitrogen and oxygen atoms in total. The summed E-state index contributed by atoms with van der Waals surface area (Å²) in [7, 11) is 0. The average molecular weight is 561 g/mol. The first-order valence-corrected chi connectivity index (χ1v) is 10.5. The van der Waals surface area contributed by atoms with E-state index in [9.17, 15) is 5.11 Å². The van der Waals surface area contributed by atoms with Crippen LogP contribution in [0.5, 0.6) is 5.75 Å². The third kappa shape index (κ3) is 5.30. The predicted molar refractivity (Wildman–Crippen MR) is 116 cm³/mol. The quantitative estimate of drug-likeness (QED) is 0.459. The van der Waals surface area contributed by atoms with E-state index in [1.165, 1.54) is 11.1 Å². The highest BCUT2D eigenvalue weighted by molar-refractivity contribution is 14.1. The Balaban J connectivity index is 1.55. The normalized spacial score (nSPS) is 15.9. The van der Waals surface area contributed by atoms with Gasteiger partial charge in [0.1, 0.15) is 6.54 Å². The van der Waals surface area contributed by atoms with Crippen molar-refractivity contribution in [2.45, 2.75) is 13.5 Å². The molecule has 1 aliphatic rings. The van der Waals surface area contributed by atoms with Crippen LogP contribution in [0.2, 0.25) is 0 Å². The Labute approximate surface area is 176 Å². The molecule has 1 saturated heterocycles. The van der Waals surface area contributed by atoms with Gasteiger partial charge in [-0.3, -0.25) is 5.01 Å². The Morgan fingerprint density at radius 2 is 1.84 bits per heavy atom. The van der Waals surface area contributed by atoms with Crippen LogP contribution in [0.4, 0.5) is 0 Å². The molecule has 6 heteroatoms. The molecular weight excluding hydrogens is 540 g/mol. The fourth-order valence-corrected chi connectivity index (χ4v) is 4.81. The molecule has 0 radical (unpaired) electrons. The second-order valence-electron chi connectivity index (χ2n) is 6.42. The van der Waals surface area contributed by atoms with Gasteiger partial charge >= 0.3 is 0 Å². The molecule has 3 rings (SSSR count). The topological polar surface area (TPSA) is 43.1 Å². The maximum absolute atomic E-state index is 12.1. The molecule has 1 fully saturated rings. The number of halogens is 2. The summed E-state index contributed by atoms with van der Waals surface area (Å²) < 4.78 is 1.81. The van der Waals surface area contributed by atoms with Crippen LogP contribution in [0.25, 0.3) is 0 Å². The molecule has 0 saturated carbocycles. The van der Waals surface area contributed by atoms with Crippen LogP contribution in [-0.4, -0.2) is 37.4 Å². The molecule has 1 heterocycles. The van der Waals surface area contributed by atoms with Crippen molar-refractivity contribution in [3.8, 4) is 5.75 Å². The van der Waals surface area contributed by atoms with Crippen LogP contribution in [0.3, 0.4) is 0 Å². The van der Waals surface area contributed by atoms with Gasteiger partial charge < -0.3 is 10.0 Å². The highest BCUT2D eigenvalue weighted by atomic mass is 127. The lowest BCUT2D eigenvalue weighted by Gasteiger charge is -2.30. The van der Waals surface area contributed by atoms with Gasteiger partial charge in [-0.2, -0.15) is 5.10 Å². The number of hydrogen-bond donors (Lipinski definition) is 1. The maximum Gasteiger partial charge on any atom is 0.103 e. The number of quaternary nitrogens is 1. The zero-order valence-electron chi connectivity index (χ0n) is 14.1. The van der Waals surface area contributed by atoms with Gasteiger partial charge in [0.2, 0.25) is 0 Å². The van der Waals surface area contributed by atoms with Gasteiger partial charge in [0, 0.05) is 12.7 Å². The standard InChI is InChI=1S/C19H21I2N3O/c1-14-2-4-15(5-3-14)13-23-6-8-24(9-7-23)22-12-16-10-17(20)11-18(21)19(16)25/h2-5,10-12,25H,6-9,13H2,1H3. The summed E-state index contributed by atoms with van der Waals surface area (Å²) in [5.41, 5.74) is 3.37. The van der Waals surface area contributed by atoms with Gasteiger partial charge in [0.05, 0.1) is 32.4 Å². The third-order valence-electron chi connectivity index (χ3n) is 4.42. The monoisotopic (exact) mass is 561 g/mol. The van der Waals surface area contributed by atoms with Crippen molar-refractivity contribution >= 4 is 51.4 Å². The van der Waals surface area contributed by atoms with Gasteiger partial charge in [-0.05, 0) is 69.8 Å². The first-order valence-electron chi connectivity index (χ1n) is 8.35. The van der Waals surface area contributed by atoms with Crippen molar-refractivity contribution in [2.24, 2.45) is 5.10 Å². The molecule has 1 aliphatic heterocycles. The number of nitrogens with zero attached hydrogens (tertiary/aromatic N) is 2. The SMILES string of the molecule is Cc1ccc(C[NH+]2CCN(N=Cc3cc(I)cc(I)c3[O-])CC2)cc1. The minimum atomic E-state index is 0.0633. The van der Waals surface area contributed by atoms with Crippen LogP contribution < -0.4 is 10.0 Å². The molecule has 2 aromatic carbocycles. The van der Waals surface area contributed by atoms with E-state index >= 15 is 0 Å². The lowest BCUT2D eigenvalue weighted by atomic mass is 10.1. The molecule has 0 atom stereocenters. The van der Waals surface area contributed by atoms with Gasteiger partial charge in [0.25, 0.3) is 0 Å². The predicted octanol–water partition coefficient (Wildman–Crippen LogP) is 2.01. The smallest absolute Gasteiger partial charge is 0.103 e. The summed E-state index contributed by atoms with van der Waals surface area (Å²) in [6, 6.07) is 12.6. The third-order valence-corrected chi connectivity index (χ3v) is 5.84. The van der Waals surface area contributed by atoms with E-state index in [-0.39, 0.29) is 5.75 Å². The Morgan fingerprint density at radius 1 is 1.16 bits per heavy atom. The van der Waals surface area contributed by atoms with Crippen LogP contribution in [-0.2, 0) is 6.54 Å². The second-order valence-corrected chi connectivity index (χ2v) is 8.82. The number of aryl methyl sites for hydroxylation is 1. The fourth-order valence-electron chi connectivity index (χ4n) is 2.92. The molecule has 132 valence electrons. The molecule has 0 aromatic heterocycles. The summed E-state index contributed by atoms with van der Waals surface area (Å²) in [5, 5.41) is 18.8. The fraction of sp³-hybridized carbons (Fsp3) is 0.316. The molecule has 0 aliphatic carbocycles. The van der Waals surface area contributed by atoms with Crippen molar-refractivity contribution in [2.75, 3.05) is 26.2 Å². The molecule has 1 N–H and O–H groups in total. The first-order chi connectivity index (χ1) is 12.0. The highest BCUT2D eigenvalue weighted by Gasteiger charge is 2.18. The Bertz CT molecular complexity index is 754. The molecular formula is C19H21I2N3O. The van der Waals surface area contributed by atoms with Gasteiger partial charge in [0.15, 0.2) is 0 Å². The number of hydrogen-bond acceptors (Lipinski definition) is 3. The summed E-state index contributed by atoms with van der Waals surface area (Å²) in [6.07, 6.45) is 1.72. The van der Waals surface area contributed by atoms with Crippen molar-refractivity contribution in [3.63, 3.8) is 0 Å². The number of hydrazone groups is 1. The van der Waals surface area contributed by atoms with E-state index in [1.807, 2.05) is 12.1 Å². The minimum absolute atomic E-state index is 0.0633. The molecule has 0 spiro atoms. The number of benzene rings is 2. The number of rotatable bonds is 4. The van der Waals surface area contributed by atoms with E-state index in [0.29, 0.717) is 5.56 Å². The molecule has 2 aromatic rings. The summed E-state index contributed by atoms with van der Waals surface area (Å²) in [4.78, 5) is 1.59. The van der Waals surface area contributed by atoms with E-state index < -0.39 is 0 Å². The highest BCUT2D eigenvalue weighted by Crippen LogP contribution is 2.23. The Kier molecular flexibility index (Phi) is 6.56. The zero-order chi connectivity index (χ0) is 17.8. The summed E-state index contributed by atoms with van der Waals surface area (Å²) >= 11 is 4.32. The molecule has 0 bridgehead atoms. The second kappa shape index (κ2) is 8.68. The molecule has 25 heavy (non-hydrogen) atoms. The van der Waals surface area contributed by atoms with Crippen LogP contribution in [0, 0.1) is 14.1 Å². The summed E-state index contributed by atoms with van der Waals surface area (Å²) in [6.45, 7) is 7.17. The summed E-state index contributed by atoms with van der Waals surface area (Å²) in [5.74, 6) is 0.0633. The van der Waals surface area contributed by atoms with Crippen molar-refractivity contribution < 1.29 is 10.0 Å². The maximum atomic E-state index is 12.1. The zero-order valence-corrected chi connectivity index (χ0v) is 18.5. The van der Waals surface area contributed by atoms with E-state index in [2.05, 4.69) is 86.5 Å². The number of piperazine rings is 1. The Hall–Kier alpha value is -0.870. The minimum Gasteiger partial charge on any atom is -0.871 e. The lowest BCUT2D eigenvalue weighted by molar-refractivity contribution is -0.918. The average Bonchev–Trinajstić information content (AvgIpc) is 2.60. The van der Waals surface area contributed by atoms with Gasteiger partial charge in [-0.15, -0.1) is 0 Å². The largest absolute Gasteiger partial charge is 0.871 e. The molecule has 0 amide bonds. The van der Waals surface area contributed by atoms with Crippen LogP contribution >= 0.6 is 45.2 Å². The number of nitrogens with one attached hydrogen (secondary N) is 1. The van der Waals surface area contributed by atoms with Gasteiger partial charge in [-0.25, -0.2) is 0 Å². The Morgan fingerprint density at radius 3 is 2.52 bits per heavy atom. The molecule has 0 unspecified atom stereocenters. The first kappa shape index (κ1) is 18.9. The van der Waals surface area contributed by atoms with Gasteiger partial charge in [-0.1, -0.05) is 35.6 Å². The van der Waals surface area contributed by atoms with Crippen molar-refractivity contribution in [1.29, 1.82) is 0 Å². The van der Waals surface area contributed by atoms with Crippen LogP contribution in [0.15, 0.2) is 41.5 Å². The lowest BCUT2D eigenvalue weighted by Crippen LogP contribution is -3.13. The van der Waals surface area contributed by atoms with Crippen molar-refractivity contribution in [3.05, 3.63) is 60.2 Å².